The average Bonchev–Trinajstić information content (AvgIpc) is 2.05. The minimum atomic E-state index is -0.673. The first-order valence-electron chi connectivity index (χ1n) is 4.62. The summed E-state index contributed by atoms with van der Waals surface area (Å²) < 4.78 is 0. The second-order valence-corrected chi connectivity index (χ2v) is 3.68. The predicted molar refractivity (Wildman–Crippen MR) is 47.0 cm³/mol. The molecule has 2 unspecified atom stereocenters. The number of hydrogen-bond acceptors (Lipinski definition) is 2. The molecule has 1 fully saturated rings. The molecular weight excluding hydrogens is 154 g/mol. The van der Waals surface area contributed by atoms with Crippen molar-refractivity contribution in [2.45, 2.75) is 26.2 Å². The molecule has 0 aromatic rings. The van der Waals surface area contributed by atoms with E-state index in [0.717, 1.165) is 13.1 Å². The van der Waals surface area contributed by atoms with E-state index < -0.39 is 5.97 Å². The Balaban J connectivity index is 2.29. The van der Waals surface area contributed by atoms with Crippen molar-refractivity contribution in [3.63, 3.8) is 0 Å². The quantitative estimate of drug-likeness (QED) is 0.668. The highest BCUT2D eigenvalue weighted by Gasteiger charge is 2.21. The Kier molecular flexibility index (Phi) is 3.53. The van der Waals surface area contributed by atoms with Crippen LogP contribution >= 0.6 is 0 Å². The second-order valence-electron chi connectivity index (χ2n) is 3.68. The maximum absolute atomic E-state index is 10.4. The van der Waals surface area contributed by atoms with E-state index in [9.17, 15) is 4.79 Å². The first kappa shape index (κ1) is 9.52. The van der Waals surface area contributed by atoms with Gasteiger partial charge in [-0.25, -0.2) is 0 Å². The Morgan fingerprint density at radius 2 is 2.50 bits per heavy atom. The van der Waals surface area contributed by atoms with Crippen LogP contribution in [-0.2, 0) is 4.79 Å². The van der Waals surface area contributed by atoms with Crippen molar-refractivity contribution in [3.8, 4) is 0 Å². The van der Waals surface area contributed by atoms with Crippen molar-refractivity contribution in [2.75, 3.05) is 13.1 Å². The second kappa shape index (κ2) is 4.45. The number of carboxylic acids is 1. The van der Waals surface area contributed by atoms with Gasteiger partial charge in [-0.05, 0) is 37.8 Å². The summed E-state index contributed by atoms with van der Waals surface area (Å²) in [6, 6.07) is 0. The zero-order valence-corrected chi connectivity index (χ0v) is 7.55. The predicted octanol–water partition coefficient (Wildman–Crippen LogP) is 1.10. The summed E-state index contributed by atoms with van der Waals surface area (Å²) in [7, 11) is 0. The van der Waals surface area contributed by atoms with Gasteiger partial charge < -0.3 is 10.4 Å². The SMILES string of the molecule is CC(CC(=O)O)C1CCCNC1. The maximum atomic E-state index is 10.4. The zero-order chi connectivity index (χ0) is 8.97. The standard InChI is InChI=1S/C9H17NO2/c1-7(5-9(11)12)8-3-2-4-10-6-8/h7-8,10H,2-6H2,1H3,(H,11,12). The zero-order valence-electron chi connectivity index (χ0n) is 7.55. The lowest BCUT2D eigenvalue weighted by Gasteiger charge is -2.27. The van der Waals surface area contributed by atoms with Crippen molar-refractivity contribution >= 4 is 5.97 Å². The van der Waals surface area contributed by atoms with Crippen molar-refractivity contribution < 1.29 is 9.90 Å². The summed E-state index contributed by atoms with van der Waals surface area (Å²) in [6.45, 7) is 4.12. The number of hydrogen-bond donors (Lipinski definition) is 2. The van der Waals surface area contributed by atoms with E-state index in [4.69, 9.17) is 5.11 Å². The third-order valence-corrected chi connectivity index (χ3v) is 2.64. The van der Waals surface area contributed by atoms with E-state index in [1.807, 2.05) is 6.92 Å². The molecule has 0 aliphatic carbocycles. The molecule has 1 saturated heterocycles. The maximum Gasteiger partial charge on any atom is 0.303 e. The summed E-state index contributed by atoms with van der Waals surface area (Å²) in [6.07, 6.45) is 2.68. The minimum Gasteiger partial charge on any atom is -0.481 e. The van der Waals surface area contributed by atoms with Gasteiger partial charge in [-0.1, -0.05) is 6.92 Å². The van der Waals surface area contributed by atoms with Gasteiger partial charge in [0.05, 0.1) is 0 Å². The summed E-state index contributed by atoms with van der Waals surface area (Å²) in [5.41, 5.74) is 0. The van der Waals surface area contributed by atoms with Crippen LogP contribution < -0.4 is 5.32 Å². The Hall–Kier alpha value is -0.570. The van der Waals surface area contributed by atoms with Gasteiger partial charge in [0.25, 0.3) is 0 Å². The van der Waals surface area contributed by atoms with E-state index in [-0.39, 0.29) is 0 Å². The number of piperidine rings is 1. The summed E-state index contributed by atoms with van der Waals surface area (Å²) in [5.74, 6) is 0.207. The van der Waals surface area contributed by atoms with Crippen LogP contribution in [0.25, 0.3) is 0 Å². The molecule has 1 aliphatic heterocycles. The van der Waals surface area contributed by atoms with Crippen molar-refractivity contribution in [2.24, 2.45) is 11.8 Å². The molecule has 2 atom stereocenters. The average molecular weight is 171 g/mol. The van der Waals surface area contributed by atoms with E-state index in [0.29, 0.717) is 18.3 Å². The number of rotatable bonds is 3. The lowest BCUT2D eigenvalue weighted by molar-refractivity contribution is -0.138. The largest absolute Gasteiger partial charge is 0.481 e. The molecule has 2 N–H and O–H groups in total. The Morgan fingerprint density at radius 3 is 3.00 bits per heavy atom. The van der Waals surface area contributed by atoms with E-state index in [2.05, 4.69) is 5.32 Å². The first-order chi connectivity index (χ1) is 5.70. The molecule has 0 radical (unpaired) electrons. The van der Waals surface area contributed by atoms with Crippen LogP contribution in [0.4, 0.5) is 0 Å². The third-order valence-electron chi connectivity index (χ3n) is 2.64. The van der Waals surface area contributed by atoms with Gasteiger partial charge in [0.2, 0.25) is 0 Å². The molecule has 0 saturated carbocycles. The fraction of sp³-hybridized carbons (Fsp3) is 0.889. The molecule has 3 heteroatoms. The molecule has 12 heavy (non-hydrogen) atoms. The molecule has 0 bridgehead atoms. The monoisotopic (exact) mass is 171 g/mol. The van der Waals surface area contributed by atoms with E-state index in [1.165, 1.54) is 12.8 Å². The number of carboxylic acid groups (broad SMARTS) is 1. The van der Waals surface area contributed by atoms with Crippen molar-refractivity contribution in [1.29, 1.82) is 0 Å². The lowest BCUT2D eigenvalue weighted by atomic mass is 9.85. The van der Waals surface area contributed by atoms with Crippen molar-refractivity contribution in [3.05, 3.63) is 0 Å². The third kappa shape index (κ3) is 2.81. The van der Waals surface area contributed by atoms with E-state index >= 15 is 0 Å². The number of aliphatic carboxylic acids is 1. The van der Waals surface area contributed by atoms with Crippen LogP contribution in [0.3, 0.4) is 0 Å². The summed E-state index contributed by atoms with van der Waals surface area (Å²) in [4.78, 5) is 10.4. The highest BCUT2D eigenvalue weighted by atomic mass is 16.4. The van der Waals surface area contributed by atoms with Gasteiger partial charge in [-0.3, -0.25) is 4.79 Å². The molecule has 1 heterocycles. The summed E-state index contributed by atoms with van der Waals surface area (Å²) in [5, 5.41) is 11.9. The highest BCUT2D eigenvalue weighted by molar-refractivity contribution is 5.66. The molecule has 1 rings (SSSR count). The fourth-order valence-electron chi connectivity index (χ4n) is 1.81. The van der Waals surface area contributed by atoms with Crippen LogP contribution in [0.1, 0.15) is 26.2 Å². The molecule has 3 nitrogen and oxygen atoms in total. The molecule has 0 aromatic heterocycles. The Labute approximate surface area is 73.2 Å². The van der Waals surface area contributed by atoms with Gasteiger partial charge in [-0.2, -0.15) is 0 Å². The van der Waals surface area contributed by atoms with Gasteiger partial charge in [0.1, 0.15) is 0 Å². The van der Waals surface area contributed by atoms with E-state index in [1.54, 1.807) is 0 Å². The van der Waals surface area contributed by atoms with Crippen LogP contribution in [0.5, 0.6) is 0 Å². The lowest BCUT2D eigenvalue weighted by Crippen LogP contribution is -2.33. The van der Waals surface area contributed by atoms with Gasteiger partial charge in [0.15, 0.2) is 0 Å². The molecule has 1 aliphatic rings. The molecule has 70 valence electrons. The van der Waals surface area contributed by atoms with Crippen LogP contribution in [0, 0.1) is 11.8 Å². The van der Waals surface area contributed by atoms with Crippen molar-refractivity contribution in [1.82, 2.24) is 5.32 Å². The smallest absolute Gasteiger partial charge is 0.303 e. The molecular formula is C9H17NO2. The minimum absolute atomic E-state index is 0.312. The normalized spacial score (nSPS) is 26.6. The first-order valence-corrected chi connectivity index (χ1v) is 4.62. The van der Waals surface area contributed by atoms with Crippen LogP contribution in [0.2, 0.25) is 0 Å². The molecule has 0 spiro atoms. The van der Waals surface area contributed by atoms with Crippen LogP contribution in [-0.4, -0.2) is 24.2 Å². The topological polar surface area (TPSA) is 49.3 Å². The number of nitrogens with one attached hydrogen (secondary N) is 1. The van der Waals surface area contributed by atoms with Crippen LogP contribution in [0.15, 0.2) is 0 Å². The van der Waals surface area contributed by atoms with Gasteiger partial charge in [-0.15, -0.1) is 0 Å². The van der Waals surface area contributed by atoms with Gasteiger partial charge in [0, 0.05) is 6.42 Å². The number of carbonyl (C=O) groups is 1. The molecule has 0 amide bonds. The Morgan fingerprint density at radius 1 is 1.75 bits per heavy atom. The summed E-state index contributed by atoms with van der Waals surface area (Å²) >= 11 is 0. The fourth-order valence-corrected chi connectivity index (χ4v) is 1.81. The Bertz CT molecular complexity index is 153. The molecule has 0 aromatic carbocycles. The van der Waals surface area contributed by atoms with Gasteiger partial charge >= 0.3 is 5.97 Å². The highest BCUT2D eigenvalue weighted by Crippen LogP contribution is 2.22.